The van der Waals surface area contributed by atoms with Gasteiger partial charge in [-0.3, -0.25) is 0 Å². The van der Waals surface area contributed by atoms with Crippen molar-refractivity contribution in [2.24, 2.45) is 0 Å². The lowest BCUT2D eigenvalue weighted by Crippen LogP contribution is -2.52. The van der Waals surface area contributed by atoms with Crippen LogP contribution < -0.4 is 4.72 Å². The lowest BCUT2D eigenvalue weighted by molar-refractivity contribution is 0.121. The molecule has 0 fully saturated rings. The van der Waals surface area contributed by atoms with E-state index in [4.69, 9.17) is 14.9 Å². The molecule has 0 aromatic carbocycles. The van der Waals surface area contributed by atoms with E-state index in [1.165, 1.54) is 14.0 Å². The van der Waals surface area contributed by atoms with E-state index in [0.29, 0.717) is 13.0 Å². The molecule has 0 heterocycles. The SMILES string of the molecule is COCCCS(=O)(=O)NC(C)(CO)CO. The van der Waals surface area contributed by atoms with Crippen LogP contribution in [0.25, 0.3) is 0 Å². The van der Waals surface area contributed by atoms with E-state index >= 15 is 0 Å². The zero-order valence-corrected chi connectivity index (χ0v) is 9.88. The Hall–Kier alpha value is -0.210. The van der Waals surface area contributed by atoms with Crippen molar-refractivity contribution in [2.45, 2.75) is 18.9 Å². The fourth-order valence-electron chi connectivity index (χ4n) is 0.934. The molecule has 0 spiro atoms. The Labute approximate surface area is 90.3 Å². The molecule has 0 atom stereocenters. The Bertz CT molecular complexity index is 260. The van der Waals surface area contributed by atoms with Crippen LogP contribution in [-0.4, -0.2) is 56.9 Å². The molecule has 15 heavy (non-hydrogen) atoms. The molecule has 0 aliphatic heterocycles. The number of rotatable bonds is 8. The van der Waals surface area contributed by atoms with Crippen molar-refractivity contribution < 1.29 is 23.4 Å². The molecule has 0 radical (unpaired) electrons. The van der Waals surface area contributed by atoms with Crippen LogP contribution in [0.15, 0.2) is 0 Å². The maximum atomic E-state index is 11.4. The maximum absolute atomic E-state index is 11.4. The van der Waals surface area contributed by atoms with Gasteiger partial charge in [0.15, 0.2) is 0 Å². The lowest BCUT2D eigenvalue weighted by atomic mass is 10.1. The van der Waals surface area contributed by atoms with Gasteiger partial charge in [-0.15, -0.1) is 0 Å². The van der Waals surface area contributed by atoms with Crippen LogP contribution in [0, 0.1) is 0 Å². The van der Waals surface area contributed by atoms with Gasteiger partial charge in [0, 0.05) is 13.7 Å². The zero-order valence-electron chi connectivity index (χ0n) is 9.06. The van der Waals surface area contributed by atoms with Crippen LogP contribution in [-0.2, 0) is 14.8 Å². The van der Waals surface area contributed by atoms with Gasteiger partial charge in [-0.1, -0.05) is 0 Å². The monoisotopic (exact) mass is 241 g/mol. The predicted molar refractivity (Wildman–Crippen MR) is 56.0 cm³/mol. The zero-order chi connectivity index (χ0) is 11.9. The van der Waals surface area contributed by atoms with E-state index in [1.54, 1.807) is 0 Å². The molecule has 7 heteroatoms. The summed E-state index contributed by atoms with van der Waals surface area (Å²) in [5, 5.41) is 17.8. The summed E-state index contributed by atoms with van der Waals surface area (Å²) >= 11 is 0. The first-order valence-corrected chi connectivity index (χ1v) is 6.26. The first-order valence-electron chi connectivity index (χ1n) is 4.61. The second-order valence-corrected chi connectivity index (χ2v) is 5.49. The summed E-state index contributed by atoms with van der Waals surface area (Å²) in [7, 11) is -1.99. The Kier molecular flexibility index (Phi) is 6.30. The minimum absolute atomic E-state index is 0.0869. The number of hydrogen-bond acceptors (Lipinski definition) is 5. The van der Waals surface area contributed by atoms with Gasteiger partial charge in [-0.25, -0.2) is 13.1 Å². The van der Waals surface area contributed by atoms with E-state index in [-0.39, 0.29) is 5.75 Å². The highest BCUT2D eigenvalue weighted by Crippen LogP contribution is 2.04. The Morgan fingerprint density at radius 1 is 1.33 bits per heavy atom. The van der Waals surface area contributed by atoms with Gasteiger partial charge in [0.2, 0.25) is 10.0 Å². The molecule has 0 aliphatic carbocycles. The van der Waals surface area contributed by atoms with Crippen molar-refractivity contribution in [1.82, 2.24) is 4.72 Å². The van der Waals surface area contributed by atoms with Gasteiger partial charge in [0.05, 0.1) is 24.5 Å². The average Bonchev–Trinajstić information content (AvgIpc) is 2.17. The third-order valence-electron chi connectivity index (χ3n) is 1.86. The molecule has 0 aliphatic rings. The van der Waals surface area contributed by atoms with E-state index in [1.807, 2.05) is 0 Å². The third kappa shape index (κ3) is 6.06. The van der Waals surface area contributed by atoms with Crippen LogP contribution in [0.5, 0.6) is 0 Å². The molecule has 0 bridgehead atoms. The summed E-state index contributed by atoms with van der Waals surface area (Å²) in [6.07, 6.45) is 0.374. The van der Waals surface area contributed by atoms with Crippen LogP contribution in [0.3, 0.4) is 0 Å². The van der Waals surface area contributed by atoms with Gasteiger partial charge in [-0.2, -0.15) is 0 Å². The molecule has 0 unspecified atom stereocenters. The van der Waals surface area contributed by atoms with Crippen LogP contribution >= 0.6 is 0 Å². The highest BCUT2D eigenvalue weighted by Gasteiger charge is 2.27. The summed E-state index contributed by atoms with van der Waals surface area (Å²) in [5.74, 6) is -0.0869. The number of sulfonamides is 1. The number of ether oxygens (including phenoxy) is 1. The van der Waals surface area contributed by atoms with E-state index in [0.717, 1.165) is 0 Å². The van der Waals surface area contributed by atoms with Crippen molar-refractivity contribution >= 4 is 10.0 Å². The summed E-state index contributed by atoms with van der Waals surface area (Å²) in [5.41, 5.74) is -1.20. The van der Waals surface area contributed by atoms with Crippen LogP contribution in [0.4, 0.5) is 0 Å². The lowest BCUT2D eigenvalue weighted by Gasteiger charge is -2.25. The van der Waals surface area contributed by atoms with E-state index < -0.39 is 28.8 Å². The normalized spacial score (nSPS) is 13.1. The minimum atomic E-state index is -3.49. The quantitative estimate of drug-likeness (QED) is 0.458. The summed E-state index contributed by atoms with van der Waals surface area (Å²) in [4.78, 5) is 0. The van der Waals surface area contributed by atoms with E-state index in [9.17, 15) is 8.42 Å². The van der Waals surface area contributed by atoms with Crippen molar-refractivity contribution in [3.8, 4) is 0 Å². The van der Waals surface area contributed by atoms with Gasteiger partial charge < -0.3 is 14.9 Å². The molecular weight excluding hydrogens is 222 g/mol. The smallest absolute Gasteiger partial charge is 0.212 e. The maximum Gasteiger partial charge on any atom is 0.212 e. The number of aliphatic hydroxyl groups excluding tert-OH is 2. The summed E-state index contributed by atoms with van der Waals surface area (Å²) < 4.78 is 29.9. The van der Waals surface area contributed by atoms with Gasteiger partial charge >= 0.3 is 0 Å². The molecule has 3 N–H and O–H groups in total. The Balaban J connectivity index is 4.24. The van der Waals surface area contributed by atoms with Crippen molar-refractivity contribution in [3.63, 3.8) is 0 Å². The molecule has 0 aromatic heterocycles. The van der Waals surface area contributed by atoms with Gasteiger partial charge in [0.1, 0.15) is 0 Å². The largest absolute Gasteiger partial charge is 0.394 e. The fraction of sp³-hybridized carbons (Fsp3) is 1.00. The predicted octanol–water partition coefficient (Wildman–Crippen LogP) is -1.31. The van der Waals surface area contributed by atoms with Crippen molar-refractivity contribution in [3.05, 3.63) is 0 Å². The van der Waals surface area contributed by atoms with Crippen LogP contribution in [0.1, 0.15) is 13.3 Å². The Morgan fingerprint density at radius 3 is 2.27 bits per heavy atom. The summed E-state index contributed by atoms with van der Waals surface area (Å²) in [6.45, 7) is 0.886. The highest BCUT2D eigenvalue weighted by molar-refractivity contribution is 7.89. The highest BCUT2D eigenvalue weighted by atomic mass is 32.2. The second kappa shape index (κ2) is 6.39. The summed E-state index contributed by atoms with van der Waals surface area (Å²) in [6, 6.07) is 0. The molecule has 0 saturated carbocycles. The number of methoxy groups -OCH3 is 1. The minimum Gasteiger partial charge on any atom is -0.394 e. The van der Waals surface area contributed by atoms with Gasteiger partial charge in [0.25, 0.3) is 0 Å². The topological polar surface area (TPSA) is 95.9 Å². The standard InChI is InChI=1S/C8H19NO5S/c1-8(6-10,7-11)9-15(12,13)5-3-4-14-2/h9-11H,3-7H2,1-2H3. The molecule has 0 aromatic rings. The second-order valence-electron chi connectivity index (χ2n) is 3.64. The first kappa shape index (κ1) is 14.8. The Morgan fingerprint density at radius 2 is 1.87 bits per heavy atom. The average molecular weight is 241 g/mol. The molecule has 6 nitrogen and oxygen atoms in total. The van der Waals surface area contributed by atoms with Crippen LogP contribution in [0.2, 0.25) is 0 Å². The number of aliphatic hydroxyl groups is 2. The van der Waals surface area contributed by atoms with Crippen molar-refractivity contribution in [1.29, 1.82) is 0 Å². The molecule has 0 amide bonds. The molecular formula is C8H19NO5S. The van der Waals surface area contributed by atoms with E-state index in [2.05, 4.69) is 4.72 Å². The fourth-order valence-corrected chi connectivity index (χ4v) is 2.41. The first-order chi connectivity index (χ1) is 6.89. The molecule has 0 rings (SSSR count). The van der Waals surface area contributed by atoms with Crippen molar-refractivity contribution in [2.75, 3.05) is 32.7 Å². The van der Waals surface area contributed by atoms with Gasteiger partial charge in [-0.05, 0) is 13.3 Å². The molecule has 92 valence electrons. The molecule has 0 saturated heterocycles. The third-order valence-corrected chi connectivity index (χ3v) is 3.49. The number of nitrogens with one attached hydrogen (secondary N) is 1. The number of hydrogen-bond donors (Lipinski definition) is 3.